The first-order valence-electron chi connectivity index (χ1n) is 8.67. The average Bonchev–Trinajstić information content (AvgIpc) is 3.37. The number of hydrogen-bond acceptors (Lipinski definition) is 7. The Morgan fingerprint density at radius 1 is 1.14 bits per heavy atom. The SMILES string of the molecule is CCN(C(=O)c1cnc(-c2noc(-c3ccncc3)n2)n1C)c1cccnc1. The third-order valence-corrected chi connectivity index (χ3v) is 4.28. The fraction of sp³-hybridized carbons (Fsp3) is 0.158. The lowest BCUT2D eigenvalue weighted by molar-refractivity contribution is 0.0980. The highest BCUT2D eigenvalue weighted by Gasteiger charge is 2.23. The van der Waals surface area contributed by atoms with Gasteiger partial charge in [-0.3, -0.25) is 14.8 Å². The van der Waals surface area contributed by atoms with Gasteiger partial charge in [0.2, 0.25) is 5.82 Å². The van der Waals surface area contributed by atoms with Gasteiger partial charge < -0.3 is 14.0 Å². The van der Waals surface area contributed by atoms with Crippen LogP contribution in [0.2, 0.25) is 0 Å². The molecule has 4 heterocycles. The van der Waals surface area contributed by atoms with E-state index in [2.05, 4.69) is 25.1 Å². The maximum Gasteiger partial charge on any atom is 0.276 e. The van der Waals surface area contributed by atoms with Crippen LogP contribution in [0.15, 0.2) is 59.8 Å². The lowest BCUT2D eigenvalue weighted by Crippen LogP contribution is -2.32. The van der Waals surface area contributed by atoms with Crippen LogP contribution in [0, 0.1) is 0 Å². The van der Waals surface area contributed by atoms with E-state index in [1.165, 1.54) is 6.20 Å². The van der Waals surface area contributed by atoms with Gasteiger partial charge in [0.15, 0.2) is 5.82 Å². The van der Waals surface area contributed by atoms with E-state index in [1.807, 2.05) is 13.0 Å². The number of rotatable bonds is 5. The van der Waals surface area contributed by atoms with E-state index >= 15 is 0 Å². The normalized spacial score (nSPS) is 10.8. The van der Waals surface area contributed by atoms with Gasteiger partial charge in [-0.2, -0.15) is 4.98 Å². The molecule has 0 saturated heterocycles. The summed E-state index contributed by atoms with van der Waals surface area (Å²) in [5.74, 6) is 0.917. The summed E-state index contributed by atoms with van der Waals surface area (Å²) in [6.45, 7) is 2.40. The van der Waals surface area contributed by atoms with Gasteiger partial charge in [-0.15, -0.1) is 0 Å². The predicted molar refractivity (Wildman–Crippen MR) is 101 cm³/mol. The van der Waals surface area contributed by atoms with Gasteiger partial charge in [0.05, 0.1) is 18.1 Å². The molecule has 0 spiro atoms. The highest BCUT2D eigenvalue weighted by Crippen LogP contribution is 2.22. The Morgan fingerprint density at radius 2 is 1.96 bits per heavy atom. The molecule has 9 heteroatoms. The fourth-order valence-electron chi connectivity index (χ4n) is 2.84. The van der Waals surface area contributed by atoms with Gasteiger partial charge in [0.25, 0.3) is 11.8 Å². The van der Waals surface area contributed by atoms with Gasteiger partial charge in [0, 0.05) is 37.7 Å². The summed E-state index contributed by atoms with van der Waals surface area (Å²) < 4.78 is 6.98. The first kappa shape index (κ1) is 17.5. The second-order valence-corrected chi connectivity index (χ2v) is 5.95. The molecule has 0 N–H and O–H groups in total. The molecule has 0 aromatic carbocycles. The third kappa shape index (κ3) is 3.13. The lowest BCUT2D eigenvalue weighted by atomic mass is 10.3. The van der Waals surface area contributed by atoms with E-state index in [0.29, 0.717) is 29.8 Å². The first-order valence-corrected chi connectivity index (χ1v) is 8.67. The third-order valence-electron chi connectivity index (χ3n) is 4.28. The number of hydrogen-bond donors (Lipinski definition) is 0. The van der Waals surface area contributed by atoms with Crippen molar-refractivity contribution >= 4 is 11.6 Å². The maximum atomic E-state index is 13.0. The smallest absolute Gasteiger partial charge is 0.276 e. The van der Waals surface area contributed by atoms with Crippen molar-refractivity contribution in [3.8, 4) is 23.1 Å². The largest absolute Gasteiger partial charge is 0.333 e. The quantitative estimate of drug-likeness (QED) is 0.528. The number of nitrogens with zero attached hydrogens (tertiary/aromatic N) is 7. The minimum absolute atomic E-state index is 0.186. The van der Waals surface area contributed by atoms with Crippen molar-refractivity contribution in [2.24, 2.45) is 7.05 Å². The molecule has 1 amide bonds. The molecule has 28 heavy (non-hydrogen) atoms. The average molecular weight is 375 g/mol. The topological polar surface area (TPSA) is 103 Å². The molecule has 0 saturated carbocycles. The lowest BCUT2D eigenvalue weighted by Gasteiger charge is -2.20. The summed E-state index contributed by atoms with van der Waals surface area (Å²) in [5.41, 5.74) is 1.89. The molecule has 0 aliphatic heterocycles. The van der Waals surface area contributed by atoms with Gasteiger partial charge in [0.1, 0.15) is 5.69 Å². The Kier molecular flexibility index (Phi) is 4.63. The molecule has 140 valence electrons. The van der Waals surface area contributed by atoms with Crippen molar-refractivity contribution in [1.82, 2.24) is 29.7 Å². The number of amides is 1. The second kappa shape index (κ2) is 7.39. The zero-order chi connectivity index (χ0) is 19.5. The fourth-order valence-corrected chi connectivity index (χ4v) is 2.84. The second-order valence-electron chi connectivity index (χ2n) is 5.95. The number of aromatic nitrogens is 6. The summed E-state index contributed by atoms with van der Waals surface area (Å²) in [7, 11) is 1.75. The summed E-state index contributed by atoms with van der Waals surface area (Å²) in [5, 5.41) is 3.99. The van der Waals surface area contributed by atoms with Crippen LogP contribution in [0.3, 0.4) is 0 Å². The van der Waals surface area contributed by atoms with E-state index in [-0.39, 0.29) is 5.91 Å². The van der Waals surface area contributed by atoms with Crippen LogP contribution >= 0.6 is 0 Å². The molecule has 4 aromatic rings. The van der Waals surface area contributed by atoms with Gasteiger partial charge in [-0.25, -0.2) is 4.98 Å². The molecule has 4 rings (SSSR count). The summed E-state index contributed by atoms with van der Waals surface area (Å²) in [6.07, 6.45) is 8.13. The molecular formula is C19H17N7O2. The van der Waals surface area contributed by atoms with Gasteiger partial charge in [-0.05, 0) is 31.2 Å². The summed E-state index contributed by atoms with van der Waals surface area (Å²) >= 11 is 0. The molecule has 0 radical (unpaired) electrons. The minimum Gasteiger partial charge on any atom is -0.333 e. The van der Waals surface area contributed by atoms with Crippen LogP contribution in [0.25, 0.3) is 23.1 Å². The number of pyridine rings is 2. The van der Waals surface area contributed by atoms with E-state index in [0.717, 1.165) is 11.3 Å². The first-order chi connectivity index (χ1) is 13.7. The van der Waals surface area contributed by atoms with Crippen LogP contribution in [-0.4, -0.2) is 42.1 Å². The van der Waals surface area contributed by atoms with Crippen molar-refractivity contribution in [1.29, 1.82) is 0 Å². The maximum absolute atomic E-state index is 13.0. The van der Waals surface area contributed by atoms with Crippen molar-refractivity contribution < 1.29 is 9.32 Å². The highest BCUT2D eigenvalue weighted by atomic mass is 16.5. The van der Waals surface area contributed by atoms with E-state index in [1.54, 1.807) is 59.5 Å². The number of anilines is 1. The molecular weight excluding hydrogens is 358 g/mol. The van der Waals surface area contributed by atoms with Crippen molar-refractivity contribution in [3.05, 3.63) is 60.9 Å². The minimum atomic E-state index is -0.186. The van der Waals surface area contributed by atoms with Crippen LogP contribution in [0.1, 0.15) is 17.4 Å². The van der Waals surface area contributed by atoms with Crippen molar-refractivity contribution in [3.63, 3.8) is 0 Å². The Labute approximate surface area is 160 Å². The van der Waals surface area contributed by atoms with Crippen LogP contribution < -0.4 is 4.90 Å². The van der Waals surface area contributed by atoms with Crippen molar-refractivity contribution in [2.45, 2.75) is 6.92 Å². The Morgan fingerprint density at radius 3 is 2.68 bits per heavy atom. The van der Waals surface area contributed by atoms with Crippen molar-refractivity contribution in [2.75, 3.05) is 11.4 Å². The van der Waals surface area contributed by atoms with E-state index in [4.69, 9.17) is 4.52 Å². The van der Waals surface area contributed by atoms with Gasteiger partial charge in [-0.1, -0.05) is 5.16 Å². The zero-order valence-electron chi connectivity index (χ0n) is 15.4. The predicted octanol–water partition coefficient (Wildman–Crippen LogP) is 2.59. The molecule has 0 atom stereocenters. The molecule has 0 aliphatic carbocycles. The van der Waals surface area contributed by atoms with Gasteiger partial charge >= 0.3 is 0 Å². The van der Waals surface area contributed by atoms with Crippen LogP contribution in [-0.2, 0) is 7.05 Å². The molecule has 0 fully saturated rings. The standard InChI is InChI=1S/C19H17N7O2/c1-3-26(14-5-4-8-21-11-14)19(27)15-12-22-17(25(15)2)16-23-18(28-24-16)13-6-9-20-10-7-13/h4-12H,3H2,1-2H3. The Balaban J connectivity index is 1.65. The molecule has 0 aliphatic rings. The monoisotopic (exact) mass is 375 g/mol. The number of imidazole rings is 1. The molecule has 0 bridgehead atoms. The van der Waals surface area contributed by atoms with Crippen LogP contribution in [0.4, 0.5) is 5.69 Å². The Hall–Kier alpha value is -3.88. The Bertz CT molecular complexity index is 1090. The van der Waals surface area contributed by atoms with E-state index < -0.39 is 0 Å². The van der Waals surface area contributed by atoms with E-state index in [9.17, 15) is 4.79 Å². The molecule has 0 unspecified atom stereocenters. The molecule has 4 aromatic heterocycles. The van der Waals surface area contributed by atoms with Crippen LogP contribution in [0.5, 0.6) is 0 Å². The summed E-state index contributed by atoms with van der Waals surface area (Å²) in [6, 6.07) is 7.18. The highest BCUT2D eigenvalue weighted by molar-refractivity contribution is 6.05. The molecule has 9 nitrogen and oxygen atoms in total. The summed E-state index contributed by atoms with van der Waals surface area (Å²) in [4.78, 5) is 31.4. The zero-order valence-corrected chi connectivity index (χ0v) is 15.4. The number of carbonyl (C=O) groups excluding carboxylic acids is 1. The number of carbonyl (C=O) groups is 1.